The summed E-state index contributed by atoms with van der Waals surface area (Å²) in [6.07, 6.45) is 7.33. The Hall–Kier alpha value is -0.0400. The second-order valence-electron chi connectivity index (χ2n) is 4.44. The van der Waals surface area contributed by atoms with E-state index in [4.69, 9.17) is 0 Å². The van der Waals surface area contributed by atoms with Crippen LogP contribution in [0.15, 0.2) is 0 Å². The predicted molar refractivity (Wildman–Crippen MR) is 47.6 cm³/mol. The highest BCUT2D eigenvalue weighted by atomic mass is 14.9. The van der Waals surface area contributed by atoms with Gasteiger partial charge in [-0.2, -0.15) is 0 Å². The molecule has 1 spiro atoms. The fraction of sp³-hybridized carbons (Fsp3) is 1.00. The van der Waals surface area contributed by atoms with Gasteiger partial charge in [0.1, 0.15) is 0 Å². The van der Waals surface area contributed by atoms with E-state index < -0.39 is 0 Å². The van der Waals surface area contributed by atoms with Crippen LogP contribution in [0, 0.1) is 11.3 Å². The molecule has 0 radical (unpaired) electrons. The van der Waals surface area contributed by atoms with Crippen LogP contribution in [0.25, 0.3) is 0 Å². The summed E-state index contributed by atoms with van der Waals surface area (Å²) in [7, 11) is 0. The third-order valence-electron chi connectivity index (χ3n) is 3.86. The standard InChI is InChI=1S/C10H19N/c1-9-4-2-5-10(9)6-3-7-11-8-10/h9,11H,2-8H2,1H3. The van der Waals surface area contributed by atoms with Crippen molar-refractivity contribution in [1.29, 1.82) is 0 Å². The molecule has 2 unspecified atom stereocenters. The van der Waals surface area contributed by atoms with Crippen LogP contribution in [-0.2, 0) is 0 Å². The maximum Gasteiger partial charge on any atom is 0.00104 e. The second kappa shape index (κ2) is 2.78. The Kier molecular flexibility index (Phi) is 1.92. The van der Waals surface area contributed by atoms with Crippen LogP contribution in [0.5, 0.6) is 0 Å². The number of hydrogen-bond donors (Lipinski definition) is 1. The fourth-order valence-electron chi connectivity index (χ4n) is 2.94. The van der Waals surface area contributed by atoms with Gasteiger partial charge in [-0.15, -0.1) is 0 Å². The van der Waals surface area contributed by atoms with E-state index in [0.29, 0.717) is 0 Å². The van der Waals surface area contributed by atoms with Gasteiger partial charge in [0.25, 0.3) is 0 Å². The van der Waals surface area contributed by atoms with Gasteiger partial charge in [-0.25, -0.2) is 0 Å². The molecule has 1 N–H and O–H groups in total. The zero-order valence-electron chi connectivity index (χ0n) is 7.53. The summed E-state index contributed by atoms with van der Waals surface area (Å²) in [5.74, 6) is 0.982. The first kappa shape index (κ1) is 7.60. The maximum atomic E-state index is 3.55. The van der Waals surface area contributed by atoms with Gasteiger partial charge in [0, 0.05) is 6.54 Å². The summed E-state index contributed by atoms with van der Waals surface area (Å²) in [6, 6.07) is 0. The summed E-state index contributed by atoms with van der Waals surface area (Å²) < 4.78 is 0. The molecule has 1 saturated heterocycles. The van der Waals surface area contributed by atoms with Crippen molar-refractivity contribution < 1.29 is 0 Å². The first-order valence-electron chi connectivity index (χ1n) is 5.04. The number of piperidine rings is 1. The molecule has 0 aromatic carbocycles. The van der Waals surface area contributed by atoms with Crippen molar-refractivity contribution in [2.24, 2.45) is 11.3 Å². The van der Waals surface area contributed by atoms with Gasteiger partial charge >= 0.3 is 0 Å². The van der Waals surface area contributed by atoms with Crippen molar-refractivity contribution in [1.82, 2.24) is 5.32 Å². The van der Waals surface area contributed by atoms with Crippen LogP contribution in [0.4, 0.5) is 0 Å². The molecule has 0 aromatic heterocycles. The minimum Gasteiger partial charge on any atom is -0.316 e. The minimum absolute atomic E-state index is 0.720. The second-order valence-corrected chi connectivity index (χ2v) is 4.44. The fourth-order valence-corrected chi connectivity index (χ4v) is 2.94. The zero-order valence-corrected chi connectivity index (χ0v) is 7.53. The van der Waals surface area contributed by atoms with E-state index in [-0.39, 0.29) is 0 Å². The van der Waals surface area contributed by atoms with Gasteiger partial charge in [-0.1, -0.05) is 19.8 Å². The van der Waals surface area contributed by atoms with Gasteiger partial charge in [-0.05, 0) is 37.1 Å². The van der Waals surface area contributed by atoms with E-state index in [1.807, 2.05) is 0 Å². The van der Waals surface area contributed by atoms with E-state index >= 15 is 0 Å². The topological polar surface area (TPSA) is 12.0 Å². The number of nitrogens with one attached hydrogen (secondary N) is 1. The minimum atomic E-state index is 0.720. The molecule has 2 aliphatic rings. The molecule has 0 aromatic rings. The highest BCUT2D eigenvalue weighted by molar-refractivity contribution is 4.93. The predicted octanol–water partition coefficient (Wildman–Crippen LogP) is 2.18. The summed E-state index contributed by atoms with van der Waals surface area (Å²) in [4.78, 5) is 0. The van der Waals surface area contributed by atoms with E-state index in [9.17, 15) is 0 Å². The van der Waals surface area contributed by atoms with Crippen molar-refractivity contribution in [3.05, 3.63) is 0 Å². The Balaban J connectivity index is 2.06. The Morgan fingerprint density at radius 2 is 2.09 bits per heavy atom. The van der Waals surface area contributed by atoms with Crippen LogP contribution in [0.2, 0.25) is 0 Å². The van der Waals surface area contributed by atoms with Crippen LogP contribution >= 0.6 is 0 Å². The van der Waals surface area contributed by atoms with Gasteiger partial charge in [0.05, 0.1) is 0 Å². The van der Waals surface area contributed by atoms with Crippen LogP contribution in [-0.4, -0.2) is 13.1 Å². The van der Waals surface area contributed by atoms with Crippen molar-refractivity contribution in [2.45, 2.75) is 39.0 Å². The Labute approximate surface area is 69.6 Å². The lowest BCUT2D eigenvalue weighted by Gasteiger charge is -2.37. The average Bonchev–Trinajstić information content (AvgIpc) is 2.36. The Bertz CT molecular complexity index is 136. The van der Waals surface area contributed by atoms with E-state index in [1.165, 1.54) is 45.2 Å². The molecule has 64 valence electrons. The molecule has 1 heteroatoms. The van der Waals surface area contributed by atoms with Gasteiger partial charge < -0.3 is 5.32 Å². The summed E-state index contributed by atoms with van der Waals surface area (Å²) in [5.41, 5.74) is 0.720. The summed E-state index contributed by atoms with van der Waals surface area (Å²) in [6.45, 7) is 5.00. The molecule has 1 saturated carbocycles. The smallest absolute Gasteiger partial charge is 0.00104 e. The maximum absolute atomic E-state index is 3.55. The number of hydrogen-bond acceptors (Lipinski definition) is 1. The molecular formula is C10H19N. The van der Waals surface area contributed by atoms with Crippen LogP contribution in [0.1, 0.15) is 39.0 Å². The Morgan fingerprint density at radius 3 is 2.64 bits per heavy atom. The molecule has 11 heavy (non-hydrogen) atoms. The lowest BCUT2D eigenvalue weighted by molar-refractivity contribution is 0.157. The molecule has 1 aliphatic heterocycles. The van der Waals surface area contributed by atoms with Crippen molar-refractivity contribution in [2.75, 3.05) is 13.1 Å². The number of rotatable bonds is 0. The highest BCUT2D eigenvalue weighted by Gasteiger charge is 2.40. The van der Waals surface area contributed by atoms with Crippen LogP contribution < -0.4 is 5.32 Å². The molecular weight excluding hydrogens is 134 g/mol. The van der Waals surface area contributed by atoms with E-state index in [1.54, 1.807) is 0 Å². The first-order chi connectivity index (χ1) is 5.33. The lowest BCUT2D eigenvalue weighted by Crippen LogP contribution is -2.41. The summed E-state index contributed by atoms with van der Waals surface area (Å²) in [5, 5.41) is 3.55. The zero-order chi connectivity index (χ0) is 7.73. The molecule has 0 bridgehead atoms. The molecule has 2 rings (SSSR count). The first-order valence-corrected chi connectivity index (χ1v) is 5.04. The molecule has 1 heterocycles. The van der Waals surface area contributed by atoms with Gasteiger partial charge in [0.15, 0.2) is 0 Å². The van der Waals surface area contributed by atoms with E-state index in [0.717, 1.165) is 11.3 Å². The normalized spacial score (nSPS) is 45.0. The highest BCUT2D eigenvalue weighted by Crippen LogP contribution is 2.47. The molecule has 1 nitrogen and oxygen atoms in total. The van der Waals surface area contributed by atoms with Gasteiger partial charge in [-0.3, -0.25) is 0 Å². The third-order valence-corrected chi connectivity index (χ3v) is 3.86. The van der Waals surface area contributed by atoms with Crippen molar-refractivity contribution in [3.63, 3.8) is 0 Å². The largest absolute Gasteiger partial charge is 0.316 e. The lowest BCUT2D eigenvalue weighted by atomic mass is 9.73. The third kappa shape index (κ3) is 1.20. The SMILES string of the molecule is CC1CCCC12CCCNC2. The molecule has 2 atom stereocenters. The quantitative estimate of drug-likeness (QED) is 0.562. The van der Waals surface area contributed by atoms with Gasteiger partial charge in [0.2, 0.25) is 0 Å². The average molecular weight is 153 g/mol. The molecule has 1 aliphatic carbocycles. The summed E-state index contributed by atoms with van der Waals surface area (Å²) >= 11 is 0. The molecule has 2 fully saturated rings. The van der Waals surface area contributed by atoms with E-state index in [2.05, 4.69) is 12.2 Å². The monoisotopic (exact) mass is 153 g/mol. The van der Waals surface area contributed by atoms with Crippen molar-refractivity contribution in [3.8, 4) is 0 Å². The van der Waals surface area contributed by atoms with Crippen molar-refractivity contribution >= 4 is 0 Å². The van der Waals surface area contributed by atoms with Crippen LogP contribution in [0.3, 0.4) is 0 Å². The molecule has 0 amide bonds. The Morgan fingerprint density at radius 1 is 1.27 bits per heavy atom.